The Balaban J connectivity index is 1.69. The number of carbonyl (C=O) groups is 2. The van der Waals surface area contributed by atoms with Gasteiger partial charge in [0, 0.05) is 13.1 Å². The van der Waals surface area contributed by atoms with Crippen LogP contribution in [0.3, 0.4) is 0 Å². The minimum atomic E-state index is -3.93. The van der Waals surface area contributed by atoms with Crippen LogP contribution in [0.5, 0.6) is 0 Å². The fourth-order valence-corrected chi connectivity index (χ4v) is 5.89. The van der Waals surface area contributed by atoms with Crippen LogP contribution in [0.25, 0.3) is 0 Å². The number of anilines is 1. The molecule has 1 aliphatic heterocycles. The van der Waals surface area contributed by atoms with Gasteiger partial charge in [-0.1, -0.05) is 23.2 Å². The van der Waals surface area contributed by atoms with E-state index in [-0.39, 0.29) is 57.4 Å². The summed E-state index contributed by atoms with van der Waals surface area (Å²) < 4.78 is 63.2. The summed E-state index contributed by atoms with van der Waals surface area (Å²) in [6.07, 6.45) is 0. The van der Waals surface area contributed by atoms with Crippen LogP contribution in [0.2, 0.25) is 10.0 Å². The van der Waals surface area contributed by atoms with Gasteiger partial charge >= 0.3 is 5.97 Å². The minimum absolute atomic E-state index is 0.0101. The molecule has 1 amide bonds. The van der Waals surface area contributed by atoms with Crippen LogP contribution in [0, 0.1) is 0 Å². The van der Waals surface area contributed by atoms with Crippen LogP contribution in [-0.4, -0.2) is 73.0 Å². The van der Waals surface area contributed by atoms with E-state index in [0.717, 1.165) is 6.07 Å². The van der Waals surface area contributed by atoms with E-state index in [9.17, 15) is 26.4 Å². The molecule has 3 rings (SSSR count). The first-order valence-electron chi connectivity index (χ1n) is 10.0. The molecule has 0 spiro atoms. The number of carbonyl (C=O) groups excluding carboxylic acids is 2. The zero-order valence-corrected chi connectivity index (χ0v) is 21.4. The number of nitrogens with zero attached hydrogens (tertiary/aromatic N) is 1. The number of benzene rings is 2. The van der Waals surface area contributed by atoms with Gasteiger partial charge in [-0.3, -0.25) is 4.79 Å². The number of halogens is 2. The van der Waals surface area contributed by atoms with E-state index in [0.29, 0.717) is 0 Å². The maximum absolute atomic E-state index is 12.8. The highest BCUT2D eigenvalue weighted by Gasteiger charge is 2.27. The molecule has 2 aromatic rings. The molecule has 0 radical (unpaired) electrons. The molecular formula is C20H21Cl2N3O8S2. The van der Waals surface area contributed by atoms with Gasteiger partial charge in [-0.2, -0.15) is 4.31 Å². The molecule has 1 aliphatic rings. The summed E-state index contributed by atoms with van der Waals surface area (Å²) in [7, 11) is -6.57. The Kier molecular flexibility index (Phi) is 8.75. The maximum Gasteiger partial charge on any atom is 0.338 e. The average Bonchev–Trinajstić information content (AvgIpc) is 2.84. The Morgan fingerprint density at radius 2 is 1.69 bits per heavy atom. The molecule has 0 bridgehead atoms. The van der Waals surface area contributed by atoms with Crippen molar-refractivity contribution < 1.29 is 35.9 Å². The third-order valence-electron chi connectivity index (χ3n) is 4.88. The zero-order chi connectivity index (χ0) is 25.8. The fraction of sp³-hybridized carbons (Fsp3) is 0.300. The molecule has 35 heavy (non-hydrogen) atoms. The second-order valence-corrected chi connectivity index (χ2v) is 11.7. The van der Waals surface area contributed by atoms with Crippen LogP contribution >= 0.6 is 23.2 Å². The van der Waals surface area contributed by atoms with E-state index in [1.807, 2.05) is 0 Å². The number of amides is 1. The van der Waals surface area contributed by atoms with Crippen molar-refractivity contribution in [3.05, 3.63) is 52.0 Å². The van der Waals surface area contributed by atoms with Crippen molar-refractivity contribution in [2.75, 3.05) is 45.3 Å². The standard InChI is InChI=1S/C20H21Cl2N3O8S2/c1-23-34(28,29)18-10-13(2-4-16(18)22)20(27)33-12-19(26)24-17-11-14(3-5-15(17)21)35(30,31)25-6-8-32-9-7-25/h2-5,10-11,23H,6-9,12H2,1H3,(H,24,26). The number of esters is 1. The second kappa shape index (κ2) is 11.2. The summed E-state index contributed by atoms with van der Waals surface area (Å²) in [4.78, 5) is 24.3. The lowest BCUT2D eigenvalue weighted by atomic mass is 10.2. The number of sulfonamides is 2. The van der Waals surface area contributed by atoms with E-state index in [2.05, 4.69) is 10.0 Å². The molecule has 11 nitrogen and oxygen atoms in total. The lowest BCUT2D eigenvalue weighted by Crippen LogP contribution is -2.40. The van der Waals surface area contributed by atoms with Crippen LogP contribution in [0.1, 0.15) is 10.4 Å². The number of ether oxygens (including phenoxy) is 2. The Morgan fingerprint density at radius 1 is 1.03 bits per heavy atom. The summed E-state index contributed by atoms with van der Waals surface area (Å²) in [5, 5.41) is 2.38. The molecule has 0 aromatic heterocycles. The third-order valence-corrected chi connectivity index (χ3v) is 9.00. The molecular weight excluding hydrogens is 545 g/mol. The molecule has 1 fully saturated rings. The van der Waals surface area contributed by atoms with Crippen LogP contribution in [0.4, 0.5) is 5.69 Å². The Bertz CT molecular complexity index is 1340. The van der Waals surface area contributed by atoms with Crippen LogP contribution < -0.4 is 10.0 Å². The van der Waals surface area contributed by atoms with E-state index >= 15 is 0 Å². The molecule has 2 N–H and O–H groups in total. The highest BCUT2D eigenvalue weighted by atomic mass is 35.5. The van der Waals surface area contributed by atoms with Crippen LogP contribution in [-0.2, 0) is 34.3 Å². The largest absolute Gasteiger partial charge is 0.452 e. The van der Waals surface area contributed by atoms with Gasteiger partial charge in [0.1, 0.15) is 4.90 Å². The molecule has 0 saturated carbocycles. The Morgan fingerprint density at radius 3 is 2.34 bits per heavy atom. The number of rotatable bonds is 8. The smallest absolute Gasteiger partial charge is 0.338 e. The first kappa shape index (κ1) is 27.3. The number of hydrogen-bond acceptors (Lipinski definition) is 8. The summed E-state index contributed by atoms with van der Waals surface area (Å²) in [6, 6.07) is 7.33. The van der Waals surface area contributed by atoms with E-state index in [1.165, 1.54) is 41.7 Å². The van der Waals surface area contributed by atoms with Gasteiger partial charge in [0.2, 0.25) is 20.0 Å². The van der Waals surface area contributed by atoms with Crippen molar-refractivity contribution in [2.24, 2.45) is 0 Å². The summed E-state index contributed by atoms with van der Waals surface area (Å²) in [5.74, 6) is -1.77. The molecule has 1 saturated heterocycles. The predicted octanol–water partition coefficient (Wildman–Crippen LogP) is 1.72. The summed E-state index contributed by atoms with van der Waals surface area (Å²) in [5.41, 5.74) is -0.136. The van der Waals surface area contributed by atoms with Gasteiger partial charge in [-0.15, -0.1) is 0 Å². The van der Waals surface area contributed by atoms with Gasteiger partial charge in [0.05, 0.1) is 39.4 Å². The second-order valence-electron chi connectivity index (χ2n) is 7.14. The number of nitrogens with one attached hydrogen (secondary N) is 2. The van der Waals surface area contributed by atoms with Crippen LogP contribution in [0.15, 0.2) is 46.2 Å². The molecule has 0 unspecified atom stereocenters. The third kappa shape index (κ3) is 6.50. The summed E-state index contributed by atoms with van der Waals surface area (Å²) in [6.45, 7) is 0.206. The number of morpholine rings is 1. The number of hydrogen-bond donors (Lipinski definition) is 2. The Labute approximate surface area is 212 Å². The zero-order valence-electron chi connectivity index (χ0n) is 18.3. The van der Waals surface area contributed by atoms with Crippen molar-refractivity contribution in [3.63, 3.8) is 0 Å². The molecule has 1 heterocycles. The van der Waals surface area contributed by atoms with Crippen molar-refractivity contribution >= 4 is 60.8 Å². The molecule has 190 valence electrons. The van der Waals surface area contributed by atoms with Gasteiger partial charge in [-0.05, 0) is 43.4 Å². The first-order chi connectivity index (χ1) is 16.5. The van der Waals surface area contributed by atoms with Gasteiger partial charge in [-0.25, -0.2) is 26.4 Å². The fourth-order valence-electron chi connectivity index (χ4n) is 3.04. The van der Waals surface area contributed by atoms with Crippen molar-refractivity contribution in [3.8, 4) is 0 Å². The first-order valence-corrected chi connectivity index (χ1v) is 13.7. The van der Waals surface area contributed by atoms with Crippen molar-refractivity contribution in [2.45, 2.75) is 9.79 Å². The lowest BCUT2D eigenvalue weighted by molar-refractivity contribution is -0.119. The van der Waals surface area contributed by atoms with Gasteiger partial charge in [0.25, 0.3) is 5.91 Å². The highest BCUT2D eigenvalue weighted by Crippen LogP contribution is 2.27. The quantitative estimate of drug-likeness (QED) is 0.459. The monoisotopic (exact) mass is 565 g/mol. The maximum atomic E-state index is 12.8. The van der Waals surface area contributed by atoms with Gasteiger partial charge in [0.15, 0.2) is 6.61 Å². The Hall–Kier alpha value is -2.26. The average molecular weight is 566 g/mol. The lowest BCUT2D eigenvalue weighted by Gasteiger charge is -2.26. The minimum Gasteiger partial charge on any atom is -0.452 e. The SMILES string of the molecule is CNS(=O)(=O)c1cc(C(=O)OCC(=O)Nc2cc(S(=O)(=O)N3CCOCC3)ccc2Cl)ccc1Cl. The van der Waals surface area contributed by atoms with E-state index < -0.39 is 38.5 Å². The highest BCUT2D eigenvalue weighted by molar-refractivity contribution is 7.89. The van der Waals surface area contributed by atoms with E-state index in [1.54, 1.807) is 0 Å². The summed E-state index contributed by atoms with van der Waals surface area (Å²) >= 11 is 12.0. The molecule has 0 atom stereocenters. The molecule has 15 heteroatoms. The van der Waals surface area contributed by atoms with Crippen molar-refractivity contribution in [1.82, 2.24) is 9.03 Å². The predicted molar refractivity (Wildman–Crippen MR) is 128 cm³/mol. The molecule has 2 aromatic carbocycles. The van der Waals surface area contributed by atoms with Crippen molar-refractivity contribution in [1.29, 1.82) is 0 Å². The van der Waals surface area contributed by atoms with E-state index in [4.69, 9.17) is 32.7 Å². The molecule has 0 aliphatic carbocycles. The normalized spacial score (nSPS) is 14.9. The topological polar surface area (TPSA) is 148 Å². The van der Waals surface area contributed by atoms with Gasteiger partial charge < -0.3 is 14.8 Å².